The van der Waals surface area contributed by atoms with E-state index in [-0.39, 0.29) is 29.1 Å². The second kappa shape index (κ2) is 9.40. The fourth-order valence-corrected chi connectivity index (χ4v) is 4.68. The minimum Gasteiger partial charge on any atom is -0.462 e. The van der Waals surface area contributed by atoms with E-state index >= 15 is 0 Å². The van der Waals surface area contributed by atoms with Crippen molar-refractivity contribution in [2.75, 3.05) is 26.4 Å². The van der Waals surface area contributed by atoms with Crippen LogP contribution in [0.4, 0.5) is 4.39 Å². The highest BCUT2D eigenvalue weighted by Crippen LogP contribution is 2.37. The normalized spacial score (nSPS) is 17.5. The van der Waals surface area contributed by atoms with Crippen LogP contribution in [0.3, 0.4) is 0 Å². The lowest BCUT2D eigenvalue weighted by molar-refractivity contribution is 0.0160. The molecule has 2 aliphatic rings. The minimum absolute atomic E-state index is 0.00309. The van der Waals surface area contributed by atoms with E-state index < -0.39 is 11.8 Å². The molecule has 172 valence electrons. The number of esters is 1. The summed E-state index contributed by atoms with van der Waals surface area (Å²) in [6, 6.07) is 4.39. The maximum atomic E-state index is 13.7. The molecular formula is C24H30FN3O4. The fourth-order valence-electron chi connectivity index (χ4n) is 4.68. The number of carbonyl (C=O) groups is 2. The van der Waals surface area contributed by atoms with E-state index in [1.54, 1.807) is 17.7 Å². The van der Waals surface area contributed by atoms with Crippen LogP contribution in [0.25, 0.3) is 0 Å². The number of carbonyl (C=O) groups excluding carboxylic acids is 2. The number of aromatic nitrogens is 2. The summed E-state index contributed by atoms with van der Waals surface area (Å²) in [5.74, 6) is -1.02. The summed E-state index contributed by atoms with van der Waals surface area (Å²) in [6.07, 6.45) is 3.79. The topological polar surface area (TPSA) is 82.5 Å². The molecule has 2 aliphatic heterocycles. The van der Waals surface area contributed by atoms with E-state index in [4.69, 9.17) is 14.6 Å². The van der Waals surface area contributed by atoms with E-state index in [1.165, 1.54) is 12.1 Å². The predicted octanol–water partition coefficient (Wildman–Crippen LogP) is 3.22. The molecule has 7 nitrogen and oxygen atoms in total. The molecule has 1 amide bonds. The van der Waals surface area contributed by atoms with Crippen LogP contribution in [-0.2, 0) is 28.9 Å². The Labute approximate surface area is 187 Å². The summed E-state index contributed by atoms with van der Waals surface area (Å²) in [5.41, 5.74) is 3.08. The van der Waals surface area contributed by atoms with Crippen molar-refractivity contribution in [1.29, 1.82) is 0 Å². The van der Waals surface area contributed by atoms with Crippen LogP contribution in [0.15, 0.2) is 18.2 Å². The van der Waals surface area contributed by atoms with Crippen molar-refractivity contribution in [2.45, 2.75) is 52.5 Å². The van der Waals surface area contributed by atoms with Gasteiger partial charge in [-0.3, -0.25) is 9.48 Å². The molecule has 0 radical (unpaired) electrons. The van der Waals surface area contributed by atoms with Gasteiger partial charge < -0.3 is 14.8 Å². The Bertz CT molecular complexity index is 1010. The Morgan fingerprint density at radius 2 is 2.12 bits per heavy atom. The van der Waals surface area contributed by atoms with Crippen LogP contribution >= 0.6 is 0 Å². The van der Waals surface area contributed by atoms with Crippen LogP contribution in [0.1, 0.15) is 63.9 Å². The molecule has 4 rings (SSSR count). The molecule has 8 heteroatoms. The summed E-state index contributed by atoms with van der Waals surface area (Å²) in [5, 5.41) is 7.82. The van der Waals surface area contributed by atoms with Gasteiger partial charge in [-0.15, -0.1) is 0 Å². The van der Waals surface area contributed by atoms with Gasteiger partial charge in [0.2, 0.25) is 0 Å². The Morgan fingerprint density at radius 3 is 2.88 bits per heavy atom. The van der Waals surface area contributed by atoms with Gasteiger partial charge >= 0.3 is 5.97 Å². The van der Waals surface area contributed by atoms with Gasteiger partial charge in [0.1, 0.15) is 11.5 Å². The smallest absolute Gasteiger partial charge is 0.338 e. The number of benzene rings is 1. The molecule has 0 aliphatic carbocycles. The summed E-state index contributed by atoms with van der Waals surface area (Å²) in [7, 11) is 0. The number of hydrogen-bond acceptors (Lipinski definition) is 5. The zero-order chi connectivity index (χ0) is 22.7. The van der Waals surface area contributed by atoms with Crippen LogP contribution in [0.5, 0.6) is 0 Å². The molecule has 3 heterocycles. The molecule has 1 saturated heterocycles. The number of rotatable bonds is 6. The lowest BCUT2D eigenvalue weighted by Gasteiger charge is -2.36. The first-order valence-electron chi connectivity index (χ1n) is 11.3. The monoisotopic (exact) mass is 443 g/mol. The third-order valence-corrected chi connectivity index (χ3v) is 6.66. The molecule has 1 spiro atoms. The molecule has 1 N–H and O–H groups in total. The number of amides is 1. The summed E-state index contributed by atoms with van der Waals surface area (Å²) in [6.45, 7) is 6.42. The maximum Gasteiger partial charge on any atom is 0.338 e. The SMILES string of the molecule is CCn1nc(CCCOC(=O)c2cccc(F)c2C)c2c1C(=O)NCC1(CCOCC1)C2. The van der Waals surface area contributed by atoms with Gasteiger partial charge in [-0.25, -0.2) is 9.18 Å². The van der Waals surface area contributed by atoms with Crippen LogP contribution < -0.4 is 5.32 Å². The van der Waals surface area contributed by atoms with Crippen molar-refractivity contribution in [1.82, 2.24) is 15.1 Å². The zero-order valence-electron chi connectivity index (χ0n) is 18.7. The number of nitrogens with zero attached hydrogens (tertiary/aromatic N) is 2. The van der Waals surface area contributed by atoms with Gasteiger partial charge in [0.15, 0.2) is 0 Å². The minimum atomic E-state index is -0.527. The van der Waals surface area contributed by atoms with Gasteiger partial charge in [-0.1, -0.05) is 6.07 Å². The predicted molar refractivity (Wildman–Crippen MR) is 116 cm³/mol. The lowest BCUT2D eigenvalue weighted by atomic mass is 9.75. The van der Waals surface area contributed by atoms with Crippen molar-refractivity contribution in [3.8, 4) is 0 Å². The Morgan fingerprint density at radius 1 is 1.34 bits per heavy atom. The zero-order valence-corrected chi connectivity index (χ0v) is 18.7. The number of fused-ring (bicyclic) bond motifs is 1. The molecule has 0 atom stereocenters. The number of hydrogen-bond donors (Lipinski definition) is 1. The van der Waals surface area contributed by atoms with Gasteiger partial charge in [-0.2, -0.15) is 5.10 Å². The first-order chi connectivity index (χ1) is 15.4. The van der Waals surface area contributed by atoms with Crippen molar-refractivity contribution < 1.29 is 23.5 Å². The molecule has 0 bridgehead atoms. The number of ether oxygens (including phenoxy) is 2. The van der Waals surface area contributed by atoms with Gasteiger partial charge in [-0.05, 0) is 69.1 Å². The highest BCUT2D eigenvalue weighted by Gasteiger charge is 2.39. The number of aryl methyl sites for hydroxylation is 2. The van der Waals surface area contributed by atoms with Crippen LogP contribution in [-0.4, -0.2) is 48.0 Å². The van der Waals surface area contributed by atoms with Crippen molar-refractivity contribution in [2.24, 2.45) is 5.41 Å². The van der Waals surface area contributed by atoms with Crippen molar-refractivity contribution >= 4 is 11.9 Å². The Balaban J connectivity index is 1.46. The summed E-state index contributed by atoms with van der Waals surface area (Å²) < 4.78 is 26.4. The summed E-state index contributed by atoms with van der Waals surface area (Å²) in [4.78, 5) is 25.2. The Hall–Kier alpha value is -2.74. The highest BCUT2D eigenvalue weighted by atomic mass is 19.1. The molecule has 1 fully saturated rings. The first kappa shape index (κ1) is 22.5. The fraction of sp³-hybridized carbons (Fsp3) is 0.542. The van der Waals surface area contributed by atoms with Gasteiger partial charge in [0.25, 0.3) is 5.91 Å². The molecule has 1 aromatic carbocycles. The first-order valence-corrected chi connectivity index (χ1v) is 11.3. The summed E-state index contributed by atoms with van der Waals surface area (Å²) >= 11 is 0. The number of halogens is 1. The average molecular weight is 444 g/mol. The van der Waals surface area contributed by atoms with Crippen LogP contribution in [0.2, 0.25) is 0 Å². The maximum absolute atomic E-state index is 13.7. The second-order valence-corrected chi connectivity index (χ2v) is 8.71. The van der Waals surface area contributed by atoms with E-state index in [2.05, 4.69) is 5.32 Å². The molecular weight excluding hydrogens is 413 g/mol. The van der Waals surface area contributed by atoms with Gasteiger partial charge in [0, 0.05) is 31.9 Å². The van der Waals surface area contributed by atoms with E-state index in [1.807, 2.05) is 6.92 Å². The number of nitrogens with one attached hydrogen (secondary N) is 1. The molecule has 0 unspecified atom stereocenters. The molecule has 32 heavy (non-hydrogen) atoms. The molecule has 0 saturated carbocycles. The van der Waals surface area contributed by atoms with Gasteiger partial charge in [0.05, 0.1) is 17.9 Å². The quantitative estimate of drug-likeness (QED) is 0.548. The largest absolute Gasteiger partial charge is 0.462 e. The van der Waals surface area contributed by atoms with Crippen molar-refractivity contribution in [3.05, 3.63) is 52.1 Å². The standard InChI is InChI=1S/C24H30FN3O4/c1-3-28-21-18(14-24(15-26-22(21)29)9-12-31-13-10-24)20(27-28)8-5-11-32-23(30)17-6-4-7-19(25)16(17)2/h4,6-7H,3,5,8-15H2,1-2H3,(H,26,29). The van der Waals surface area contributed by atoms with Crippen LogP contribution in [0, 0.1) is 18.2 Å². The van der Waals surface area contributed by atoms with E-state index in [0.29, 0.717) is 44.8 Å². The van der Waals surface area contributed by atoms with Crippen molar-refractivity contribution in [3.63, 3.8) is 0 Å². The van der Waals surface area contributed by atoms with E-state index in [0.717, 1.165) is 30.5 Å². The lowest BCUT2D eigenvalue weighted by Crippen LogP contribution is -2.40. The highest BCUT2D eigenvalue weighted by molar-refractivity contribution is 5.95. The molecule has 1 aromatic heterocycles. The molecule has 2 aromatic rings. The van der Waals surface area contributed by atoms with E-state index in [9.17, 15) is 14.0 Å². The second-order valence-electron chi connectivity index (χ2n) is 8.71. The third kappa shape index (κ3) is 4.41. The Kier molecular flexibility index (Phi) is 6.60. The third-order valence-electron chi connectivity index (χ3n) is 6.66. The average Bonchev–Trinajstić information content (AvgIpc) is 3.07.